The number of ketones is 1. The van der Waals surface area contributed by atoms with Crippen molar-refractivity contribution in [2.24, 2.45) is 0 Å². The molecule has 0 bridgehead atoms. The first-order valence-corrected chi connectivity index (χ1v) is 12.3. The van der Waals surface area contributed by atoms with Gasteiger partial charge < -0.3 is 4.90 Å². The first kappa shape index (κ1) is 23.2. The van der Waals surface area contributed by atoms with Crippen LogP contribution in [-0.4, -0.2) is 5.78 Å². The van der Waals surface area contributed by atoms with Gasteiger partial charge in [-0.05, 0) is 41.8 Å². The predicted octanol–water partition coefficient (Wildman–Crippen LogP) is 8.75. The first-order valence-electron chi connectivity index (χ1n) is 11.5. The quantitative estimate of drug-likeness (QED) is 0.103. The molecule has 0 unspecified atom stereocenters. The maximum absolute atomic E-state index is 14.3. The Morgan fingerprint density at radius 2 is 1.43 bits per heavy atom. The lowest BCUT2D eigenvalue weighted by Gasteiger charge is -2.25. The summed E-state index contributed by atoms with van der Waals surface area (Å²) >= 11 is 1.38. The molecule has 0 saturated carbocycles. The lowest BCUT2D eigenvalue weighted by molar-refractivity contribution is 0.103. The van der Waals surface area contributed by atoms with Gasteiger partial charge in [-0.3, -0.25) is 4.79 Å². The van der Waals surface area contributed by atoms with E-state index < -0.39 is 40.2 Å². The van der Waals surface area contributed by atoms with E-state index in [-0.39, 0.29) is 12.0 Å². The monoisotopic (exact) mass is 515 g/mol. The Kier molecular flexibility index (Phi) is 5.65. The van der Waals surface area contributed by atoms with Crippen LogP contribution in [0.15, 0.2) is 90.5 Å². The van der Waals surface area contributed by atoms with Crippen molar-refractivity contribution in [3.05, 3.63) is 130 Å². The van der Waals surface area contributed by atoms with Gasteiger partial charge in [-0.15, -0.1) is 11.3 Å². The third-order valence-corrected chi connectivity index (χ3v) is 7.44. The van der Waals surface area contributed by atoms with Crippen LogP contribution in [0.1, 0.15) is 20.8 Å². The molecule has 182 valence electrons. The van der Waals surface area contributed by atoms with E-state index in [0.29, 0.717) is 4.88 Å². The molecule has 7 heteroatoms. The average Bonchev–Trinajstić information content (AvgIpc) is 3.51. The molecule has 0 saturated heterocycles. The van der Waals surface area contributed by atoms with E-state index in [9.17, 15) is 22.4 Å². The first-order chi connectivity index (χ1) is 17.9. The largest absolute Gasteiger partial charge is 0.301 e. The summed E-state index contributed by atoms with van der Waals surface area (Å²) in [5.74, 6) is -7.89. The minimum Gasteiger partial charge on any atom is -0.301 e. The van der Waals surface area contributed by atoms with E-state index >= 15 is 0 Å². The highest BCUT2D eigenvalue weighted by Crippen LogP contribution is 2.43. The van der Waals surface area contributed by atoms with E-state index in [1.807, 2.05) is 78.9 Å². The Bertz CT molecular complexity index is 1720. The lowest BCUT2D eigenvalue weighted by atomic mass is 10.1. The number of halogens is 4. The lowest BCUT2D eigenvalue weighted by Crippen LogP contribution is -2.08. The number of Topliss-reactive ketones (excluding diaryl/α,β-unsaturated/α-hetero) is 1. The van der Waals surface area contributed by atoms with Crippen LogP contribution in [0.2, 0.25) is 0 Å². The molecular formula is C30H17F4NOS. The van der Waals surface area contributed by atoms with E-state index in [1.165, 1.54) is 17.4 Å². The van der Waals surface area contributed by atoms with Crippen molar-refractivity contribution in [2.75, 3.05) is 4.90 Å². The Morgan fingerprint density at radius 1 is 0.730 bits per heavy atom. The third-order valence-electron chi connectivity index (χ3n) is 6.42. The zero-order chi connectivity index (χ0) is 25.7. The standard InChI is InChI=1S/C30H17F4NOS/c31-26-22-16-18(30(36)25(22)27(32)29(34)28(26)33)15-20-13-14-24(37-20)35(19-9-2-1-3-10-19)23-12-6-8-17-7-4-5-11-21(17)23/h1-15H,16H2/b18-15-. The third kappa shape index (κ3) is 3.83. The summed E-state index contributed by atoms with van der Waals surface area (Å²) in [5, 5.41) is 2.99. The van der Waals surface area contributed by atoms with Gasteiger partial charge in [-0.25, -0.2) is 17.6 Å². The van der Waals surface area contributed by atoms with Gasteiger partial charge in [-0.1, -0.05) is 54.6 Å². The van der Waals surface area contributed by atoms with Crippen molar-refractivity contribution in [1.29, 1.82) is 0 Å². The van der Waals surface area contributed by atoms with Crippen LogP contribution in [0.5, 0.6) is 0 Å². The fraction of sp³-hybridized carbons (Fsp3) is 0.0333. The maximum Gasteiger partial charge on any atom is 0.198 e. The minimum absolute atomic E-state index is 0.0719. The van der Waals surface area contributed by atoms with Gasteiger partial charge in [0.2, 0.25) is 0 Å². The molecule has 0 aliphatic heterocycles. The van der Waals surface area contributed by atoms with Crippen LogP contribution in [0.25, 0.3) is 16.8 Å². The molecule has 1 aromatic heterocycles. The van der Waals surface area contributed by atoms with Crippen LogP contribution < -0.4 is 4.90 Å². The highest BCUT2D eigenvalue weighted by Gasteiger charge is 2.36. The zero-order valence-electron chi connectivity index (χ0n) is 19.1. The van der Waals surface area contributed by atoms with Gasteiger partial charge in [-0.2, -0.15) is 0 Å². The SMILES string of the molecule is O=C1/C(=C\c2ccc(N(c3ccccc3)c3cccc4ccccc34)s2)Cc2c(F)c(F)c(F)c(F)c21. The van der Waals surface area contributed by atoms with Gasteiger partial charge >= 0.3 is 0 Å². The van der Waals surface area contributed by atoms with Crippen molar-refractivity contribution < 1.29 is 22.4 Å². The van der Waals surface area contributed by atoms with E-state index in [4.69, 9.17) is 0 Å². The number of allylic oxidation sites excluding steroid dienone is 1. The zero-order valence-corrected chi connectivity index (χ0v) is 20.0. The smallest absolute Gasteiger partial charge is 0.198 e. The van der Waals surface area contributed by atoms with Gasteiger partial charge in [0.1, 0.15) is 5.00 Å². The summed E-state index contributed by atoms with van der Waals surface area (Å²) in [6.07, 6.45) is 1.21. The summed E-state index contributed by atoms with van der Waals surface area (Å²) in [6.45, 7) is 0. The highest BCUT2D eigenvalue weighted by molar-refractivity contribution is 7.17. The van der Waals surface area contributed by atoms with Crippen molar-refractivity contribution in [2.45, 2.75) is 6.42 Å². The number of nitrogens with zero attached hydrogens (tertiary/aromatic N) is 1. The van der Waals surface area contributed by atoms with E-state index in [0.717, 1.165) is 27.1 Å². The molecule has 0 amide bonds. The number of carbonyl (C=O) groups excluding carboxylic acids is 1. The number of benzene rings is 4. The fourth-order valence-corrected chi connectivity index (χ4v) is 5.71. The number of hydrogen-bond donors (Lipinski definition) is 0. The number of hydrogen-bond acceptors (Lipinski definition) is 3. The Balaban J connectivity index is 1.43. The molecule has 1 heterocycles. The average molecular weight is 516 g/mol. The van der Waals surface area contributed by atoms with Gasteiger partial charge in [0.15, 0.2) is 29.1 Å². The van der Waals surface area contributed by atoms with E-state index in [2.05, 4.69) is 4.90 Å². The fourth-order valence-electron chi connectivity index (χ4n) is 4.70. The Hall–Kier alpha value is -4.23. The minimum atomic E-state index is -1.97. The number of carbonyl (C=O) groups is 1. The van der Waals surface area contributed by atoms with Gasteiger partial charge in [0.05, 0.1) is 11.3 Å². The molecular weight excluding hydrogens is 498 g/mol. The van der Waals surface area contributed by atoms with Crippen molar-refractivity contribution in [1.82, 2.24) is 0 Å². The summed E-state index contributed by atoms with van der Waals surface area (Å²) in [6, 6.07) is 27.6. The summed E-state index contributed by atoms with van der Waals surface area (Å²) in [5.41, 5.74) is 0.777. The number of fused-ring (bicyclic) bond motifs is 2. The number of anilines is 3. The van der Waals surface area contributed by atoms with Crippen LogP contribution in [-0.2, 0) is 6.42 Å². The van der Waals surface area contributed by atoms with Crippen molar-refractivity contribution in [3.63, 3.8) is 0 Å². The second kappa shape index (κ2) is 9.01. The van der Waals surface area contributed by atoms with Gasteiger partial charge in [0.25, 0.3) is 0 Å². The number of thiophene rings is 1. The predicted molar refractivity (Wildman–Crippen MR) is 139 cm³/mol. The van der Waals surface area contributed by atoms with Gasteiger partial charge in [0, 0.05) is 33.5 Å². The second-order valence-corrected chi connectivity index (χ2v) is 9.72. The van der Waals surface area contributed by atoms with E-state index in [1.54, 1.807) is 6.07 Å². The molecule has 0 spiro atoms. The molecule has 0 atom stereocenters. The molecule has 0 fully saturated rings. The Labute approximate surface area is 213 Å². The molecule has 2 nitrogen and oxygen atoms in total. The van der Waals surface area contributed by atoms with Crippen LogP contribution in [0, 0.1) is 23.3 Å². The highest BCUT2D eigenvalue weighted by atomic mass is 32.1. The van der Waals surface area contributed by atoms with Crippen LogP contribution in [0.4, 0.5) is 33.9 Å². The summed E-state index contributed by atoms with van der Waals surface area (Å²) in [4.78, 5) is 15.6. The Morgan fingerprint density at radius 3 is 2.24 bits per heavy atom. The maximum atomic E-state index is 14.3. The number of para-hydroxylation sites is 1. The van der Waals surface area contributed by atoms with Crippen LogP contribution >= 0.6 is 11.3 Å². The molecule has 4 aromatic carbocycles. The molecule has 0 radical (unpaired) electrons. The van der Waals surface area contributed by atoms with Crippen molar-refractivity contribution in [3.8, 4) is 0 Å². The molecule has 1 aliphatic carbocycles. The normalized spacial score (nSPS) is 13.9. The second-order valence-electron chi connectivity index (χ2n) is 8.63. The molecule has 0 N–H and O–H groups in total. The molecule has 6 rings (SSSR count). The molecule has 1 aliphatic rings. The molecule has 5 aromatic rings. The topological polar surface area (TPSA) is 20.3 Å². The summed E-state index contributed by atoms with van der Waals surface area (Å²) < 4.78 is 56.0. The number of rotatable bonds is 4. The molecule has 37 heavy (non-hydrogen) atoms. The van der Waals surface area contributed by atoms with Crippen molar-refractivity contribution >= 4 is 50.3 Å². The van der Waals surface area contributed by atoms with Crippen LogP contribution in [0.3, 0.4) is 0 Å². The summed E-state index contributed by atoms with van der Waals surface area (Å²) in [7, 11) is 0.